The van der Waals surface area contributed by atoms with E-state index in [-0.39, 0.29) is 24.0 Å². The van der Waals surface area contributed by atoms with Crippen LogP contribution in [-0.2, 0) is 37.9 Å². The van der Waals surface area contributed by atoms with Crippen molar-refractivity contribution in [2.24, 2.45) is 0 Å². The Morgan fingerprint density at radius 3 is 1.26 bits per heavy atom. The Labute approximate surface area is 450 Å². The molecule has 6 aliphatic rings. The summed E-state index contributed by atoms with van der Waals surface area (Å²) < 4.78 is 61.9. The lowest BCUT2D eigenvalue weighted by atomic mass is 10.1. The number of ether oxygens (including phenoxy) is 10. The molecule has 0 aliphatic carbocycles. The van der Waals surface area contributed by atoms with Gasteiger partial charge >= 0.3 is 12.2 Å². The zero-order chi connectivity index (χ0) is 54.0. The van der Waals surface area contributed by atoms with Crippen molar-refractivity contribution in [1.29, 1.82) is 0 Å². The molecule has 0 spiro atoms. The largest absolute Gasteiger partial charge is 0.497 e. The van der Waals surface area contributed by atoms with Crippen molar-refractivity contribution < 1.29 is 66.5 Å². The summed E-state index contributed by atoms with van der Waals surface area (Å²) in [6.45, 7) is 14.1. The van der Waals surface area contributed by atoms with Gasteiger partial charge < -0.3 is 57.2 Å². The molecule has 2 aromatic rings. The highest BCUT2D eigenvalue weighted by molar-refractivity contribution is 6.06. The zero-order valence-corrected chi connectivity index (χ0v) is 46.6. The highest BCUT2D eigenvalue weighted by Crippen LogP contribution is 2.42. The first kappa shape index (κ1) is 57.5. The van der Waals surface area contributed by atoms with E-state index < -0.39 is 60.5 Å². The second-order valence-corrected chi connectivity index (χ2v) is 23.0. The average Bonchev–Trinajstić information content (AvgIpc) is 4.03. The van der Waals surface area contributed by atoms with Gasteiger partial charge in [0.25, 0.3) is 11.8 Å². The van der Waals surface area contributed by atoms with Crippen LogP contribution in [0.3, 0.4) is 0 Å². The summed E-state index contributed by atoms with van der Waals surface area (Å²) in [6, 6.07) is 9.17. The number of benzene rings is 2. The summed E-state index contributed by atoms with van der Waals surface area (Å²) in [5, 5.41) is 0. The Hall–Kier alpha value is -4.72. The summed E-state index contributed by atoms with van der Waals surface area (Å²) in [4.78, 5) is 63.8. The number of carbonyl (C=O) groups is 4. The first-order valence-corrected chi connectivity index (χ1v) is 28.3. The predicted octanol–water partition coefficient (Wildman–Crippen LogP) is 10.8. The number of methoxy groups -OCH3 is 2. The fourth-order valence-electron chi connectivity index (χ4n) is 11.4. The van der Waals surface area contributed by atoms with E-state index in [9.17, 15) is 19.2 Å². The van der Waals surface area contributed by atoms with E-state index in [1.807, 2.05) is 41.5 Å². The van der Waals surface area contributed by atoms with Gasteiger partial charge in [0.1, 0.15) is 34.8 Å². The molecule has 18 nitrogen and oxygen atoms in total. The Balaban J connectivity index is 0.790. The van der Waals surface area contributed by atoms with Gasteiger partial charge in [0.2, 0.25) is 0 Å². The third kappa shape index (κ3) is 14.3. The van der Waals surface area contributed by atoms with Crippen LogP contribution >= 0.6 is 0 Å². The van der Waals surface area contributed by atoms with Gasteiger partial charge in [-0.05, 0) is 142 Å². The third-order valence-corrected chi connectivity index (χ3v) is 15.0. The molecule has 4 unspecified atom stereocenters. The fraction of sp³-hybridized carbons (Fsp3) is 0.724. The summed E-state index contributed by atoms with van der Waals surface area (Å²) in [6.07, 6.45) is 12.2. The number of hydrogen-bond donors (Lipinski definition) is 0. The summed E-state index contributed by atoms with van der Waals surface area (Å²) in [5.41, 5.74) is -0.0738. The number of fused-ring (bicyclic) bond motifs is 4. The monoisotopic (exact) mass is 1060 g/mol. The maximum absolute atomic E-state index is 14.4. The van der Waals surface area contributed by atoms with Crippen LogP contribution in [0.15, 0.2) is 36.4 Å². The van der Waals surface area contributed by atoms with Gasteiger partial charge in [0, 0.05) is 39.5 Å². The van der Waals surface area contributed by atoms with Crippen molar-refractivity contribution in [3.8, 4) is 11.5 Å². The van der Waals surface area contributed by atoms with Gasteiger partial charge in [-0.2, -0.15) is 0 Å². The molecule has 6 heterocycles. The second kappa shape index (κ2) is 26.3. The summed E-state index contributed by atoms with van der Waals surface area (Å²) in [5.74, 6) is 0.621. The van der Waals surface area contributed by atoms with Crippen LogP contribution in [0.25, 0.3) is 0 Å². The Morgan fingerprint density at radius 1 is 0.539 bits per heavy atom. The van der Waals surface area contributed by atoms with Crippen molar-refractivity contribution >= 4 is 35.4 Å². The molecule has 4 fully saturated rings. The van der Waals surface area contributed by atoms with Crippen LogP contribution in [0.2, 0.25) is 0 Å². The number of unbranched alkanes of at least 4 members (excludes halogenated alkanes) is 9. The van der Waals surface area contributed by atoms with E-state index in [1.165, 1.54) is 9.80 Å². The highest BCUT2D eigenvalue weighted by atomic mass is 16.7. The van der Waals surface area contributed by atoms with E-state index >= 15 is 0 Å². The molecule has 0 saturated carbocycles. The minimum Gasteiger partial charge on any atom is -0.497 e. The molecule has 76 heavy (non-hydrogen) atoms. The number of amides is 4. The Kier molecular flexibility index (Phi) is 19.9. The van der Waals surface area contributed by atoms with E-state index in [0.717, 1.165) is 89.9 Å². The summed E-state index contributed by atoms with van der Waals surface area (Å²) in [7, 11) is 3.11. The topological polar surface area (TPSA) is 174 Å². The van der Waals surface area contributed by atoms with Crippen LogP contribution in [-0.4, -0.2) is 148 Å². The van der Waals surface area contributed by atoms with Crippen LogP contribution in [0.1, 0.15) is 178 Å². The minimum atomic E-state index is -0.902. The van der Waals surface area contributed by atoms with Crippen molar-refractivity contribution in [3.05, 3.63) is 47.5 Å². The molecule has 18 heteroatoms. The molecule has 4 amide bonds. The van der Waals surface area contributed by atoms with Gasteiger partial charge in [0.15, 0.2) is 25.0 Å². The molecule has 8 atom stereocenters. The van der Waals surface area contributed by atoms with Crippen molar-refractivity contribution in [3.63, 3.8) is 0 Å². The van der Waals surface area contributed by atoms with Crippen LogP contribution in [0.5, 0.6) is 11.5 Å². The molecule has 0 radical (unpaired) electrons. The molecule has 4 saturated heterocycles. The molecular weight excluding hydrogens is 977 g/mol. The van der Waals surface area contributed by atoms with Gasteiger partial charge in [-0.1, -0.05) is 51.4 Å². The molecule has 8 rings (SSSR count). The second-order valence-electron chi connectivity index (χ2n) is 23.0. The van der Waals surface area contributed by atoms with Gasteiger partial charge in [-0.25, -0.2) is 19.4 Å². The van der Waals surface area contributed by atoms with Crippen LogP contribution < -0.4 is 19.3 Å². The van der Waals surface area contributed by atoms with Gasteiger partial charge in [-0.15, -0.1) is 0 Å². The molecule has 0 N–H and O–H groups in total. The molecule has 2 aromatic carbocycles. The molecule has 6 aliphatic heterocycles. The van der Waals surface area contributed by atoms with Gasteiger partial charge in [0.05, 0.1) is 48.9 Å². The lowest BCUT2D eigenvalue weighted by molar-refractivity contribution is -0.202. The van der Waals surface area contributed by atoms with Gasteiger partial charge in [-0.3, -0.25) is 9.59 Å². The number of hydrogen-bond acceptors (Lipinski definition) is 14. The van der Waals surface area contributed by atoms with Crippen molar-refractivity contribution in [1.82, 2.24) is 9.80 Å². The molecule has 0 aromatic heterocycles. The number of anilines is 2. The van der Waals surface area contributed by atoms with E-state index in [0.29, 0.717) is 99.2 Å². The first-order valence-electron chi connectivity index (χ1n) is 28.3. The number of carbonyl (C=O) groups excluding carboxylic acids is 4. The molecule has 422 valence electrons. The maximum atomic E-state index is 14.4. The van der Waals surface area contributed by atoms with E-state index in [1.54, 1.807) is 60.4 Å². The van der Waals surface area contributed by atoms with Crippen LogP contribution in [0.4, 0.5) is 21.0 Å². The van der Waals surface area contributed by atoms with E-state index in [2.05, 4.69) is 0 Å². The minimum absolute atomic E-state index is 0.204. The van der Waals surface area contributed by atoms with Crippen molar-refractivity contribution in [2.75, 3.05) is 63.5 Å². The van der Waals surface area contributed by atoms with Crippen molar-refractivity contribution in [2.45, 2.75) is 218 Å². The maximum Gasteiger partial charge on any atom is 0.417 e. The first-order chi connectivity index (χ1) is 36.5. The lowest BCUT2D eigenvalue weighted by Gasteiger charge is -2.40. The standard InChI is InChI=1S/C58H86N4O14/c1-57(2,3)75-55(65)61-43-27-25-39(67-7)37-41(43)51(63)59-31-29-45(49(59)53(61)73-47-23-17-21-35-71-47)69-33-19-15-13-11-9-10-12-14-16-20-34-70-46-30-32-60-50(46)54(74-48-24-18-22-36-72-48)62(56(66)76-58(4,5)6)44-28-26-40(68-8)38-42(44)52(60)64/h25-28,37-38,45-50,53-54H,9-24,29-36H2,1-8H3/t45?,46?,47?,48?,49-,50-,53-,54-/m0/s1. The van der Waals surface area contributed by atoms with E-state index in [4.69, 9.17) is 47.4 Å². The normalized spacial score (nSPS) is 25.8. The lowest BCUT2D eigenvalue weighted by Crippen LogP contribution is -2.58. The molecule has 0 bridgehead atoms. The molecular formula is C58H86N4O14. The number of nitrogens with zero attached hydrogens (tertiary/aromatic N) is 4. The zero-order valence-electron chi connectivity index (χ0n) is 46.6. The fourth-order valence-corrected chi connectivity index (χ4v) is 11.4. The van der Waals surface area contributed by atoms with Crippen LogP contribution in [0, 0.1) is 0 Å². The third-order valence-electron chi connectivity index (χ3n) is 15.0. The quantitative estimate of drug-likeness (QED) is 0.108. The average molecular weight is 1060 g/mol. The smallest absolute Gasteiger partial charge is 0.417 e. The Bertz CT molecular complexity index is 2100. The number of rotatable bonds is 21. The Morgan fingerprint density at radius 2 is 0.921 bits per heavy atom. The highest BCUT2D eigenvalue weighted by Gasteiger charge is 2.54. The predicted molar refractivity (Wildman–Crippen MR) is 285 cm³/mol. The SMILES string of the molecule is COc1ccc2c(c1)C(=O)N1CCC(OCCCCCCCCCCCCOC3CCN4C(=O)c5cc(OC)ccc5N(C(=O)OC(C)(C)C)[C@@H](OC5CCCCO5)[C@H]34)[C@H]1[C@H](OC1CCCCO1)N2C(=O)OC(C)(C)C. The summed E-state index contributed by atoms with van der Waals surface area (Å²) >= 11 is 0.